The number of phenols is 2. The number of rotatable bonds is 1. The molecule has 1 aliphatic rings. The highest BCUT2D eigenvalue weighted by Crippen LogP contribution is 2.30. The van der Waals surface area contributed by atoms with E-state index in [2.05, 4.69) is 5.32 Å². The van der Waals surface area contributed by atoms with Crippen LogP contribution in [0.4, 0.5) is 4.79 Å². The fourth-order valence-electron chi connectivity index (χ4n) is 1.22. The van der Waals surface area contributed by atoms with Crippen LogP contribution in [-0.2, 0) is 4.79 Å². The lowest BCUT2D eigenvalue weighted by Crippen LogP contribution is -2.17. The predicted molar refractivity (Wildman–Crippen MR) is 58.9 cm³/mol. The molecule has 16 heavy (non-hydrogen) atoms. The second kappa shape index (κ2) is 3.90. The average Bonchev–Trinajstić information content (AvgIpc) is 2.51. The molecule has 1 fully saturated rings. The van der Waals surface area contributed by atoms with E-state index in [9.17, 15) is 19.8 Å². The molecule has 2 rings (SSSR count). The van der Waals surface area contributed by atoms with E-state index in [1.54, 1.807) is 0 Å². The van der Waals surface area contributed by atoms with Crippen molar-refractivity contribution in [1.29, 1.82) is 0 Å². The number of hydrogen-bond donors (Lipinski definition) is 3. The molecule has 1 aromatic rings. The Kier molecular flexibility index (Phi) is 2.57. The third-order valence-electron chi connectivity index (χ3n) is 1.94. The Morgan fingerprint density at radius 1 is 1.25 bits per heavy atom. The molecule has 82 valence electrons. The molecule has 3 N–H and O–H groups in total. The van der Waals surface area contributed by atoms with Gasteiger partial charge >= 0.3 is 0 Å². The van der Waals surface area contributed by atoms with E-state index < -0.39 is 11.1 Å². The molecule has 0 aliphatic carbocycles. The Morgan fingerprint density at radius 3 is 2.62 bits per heavy atom. The third kappa shape index (κ3) is 2.01. The second-order valence-electron chi connectivity index (χ2n) is 3.10. The fourth-order valence-corrected chi connectivity index (χ4v) is 1.89. The normalized spacial score (nSPS) is 17.9. The van der Waals surface area contributed by atoms with Crippen molar-refractivity contribution in [3.63, 3.8) is 0 Å². The average molecular weight is 237 g/mol. The smallest absolute Gasteiger partial charge is 0.290 e. The van der Waals surface area contributed by atoms with Gasteiger partial charge in [-0.15, -0.1) is 0 Å². The topological polar surface area (TPSA) is 86.6 Å². The molecule has 0 aromatic heterocycles. The van der Waals surface area contributed by atoms with E-state index in [4.69, 9.17) is 0 Å². The maximum Gasteiger partial charge on any atom is 0.290 e. The summed E-state index contributed by atoms with van der Waals surface area (Å²) in [7, 11) is 0. The van der Waals surface area contributed by atoms with Crippen molar-refractivity contribution in [3.05, 3.63) is 28.7 Å². The number of aromatic hydroxyl groups is 2. The first-order valence-corrected chi connectivity index (χ1v) is 5.15. The maximum atomic E-state index is 11.2. The van der Waals surface area contributed by atoms with E-state index >= 15 is 0 Å². The Labute approximate surface area is 94.8 Å². The number of carbonyl (C=O) groups is 2. The second-order valence-corrected chi connectivity index (χ2v) is 4.11. The highest BCUT2D eigenvalue weighted by molar-refractivity contribution is 8.18. The summed E-state index contributed by atoms with van der Waals surface area (Å²) >= 11 is 0.752. The minimum atomic E-state index is -0.502. The largest absolute Gasteiger partial charge is 0.508 e. The minimum absolute atomic E-state index is 0.0284. The molecular formula is C10H7NO4S. The zero-order chi connectivity index (χ0) is 11.7. The van der Waals surface area contributed by atoms with Crippen LogP contribution in [-0.4, -0.2) is 21.4 Å². The quantitative estimate of drug-likeness (QED) is 0.508. The van der Waals surface area contributed by atoms with Gasteiger partial charge in [-0.25, -0.2) is 0 Å². The molecule has 0 spiro atoms. The number of phenolic OH excluding ortho intramolecular Hbond substituents is 2. The van der Waals surface area contributed by atoms with Gasteiger partial charge in [0.25, 0.3) is 11.1 Å². The first kappa shape index (κ1) is 10.6. The number of thioether (sulfide) groups is 1. The molecule has 1 heterocycles. The molecule has 1 saturated heterocycles. The molecule has 0 saturated carbocycles. The maximum absolute atomic E-state index is 11.2. The molecule has 2 amide bonds. The molecule has 6 heteroatoms. The summed E-state index contributed by atoms with van der Waals surface area (Å²) in [6, 6.07) is 3.93. The summed E-state index contributed by atoms with van der Waals surface area (Å²) in [4.78, 5) is 22.3. The number of hydrogen-bond acceptors (Lipinski definition) is 5. The minimum Gasteiger partial charge on any atom is -0.508 e. The summed E-state index contributed by atoms with van der Waals surface area (Å²) in [5.74, 6) is -0.602. The summed E-state index contributed by atoms with van der Waals surface area (Å²) in [6.07, 6.45) is 1.35. The summed E-state index contributed by atoms with van der Waals surface area (Å²) in [5, 5.41) is 20.3. The van der Waals surface area contributed by atoms with Crippen LogP contribution in [0.15, 0.2) is 23.1 Å². The van der Waals surface area contributed by atoms with Crippen molar-refractivity contribution < 1.29 is 19.8 Å². The highest BCUT2D eigenvalue weighted by Gasteiger charge is 2.25. The predicted octanol–water partition coefficient (Wildman–Crippen LogP) is 1.42. The Bertz CT molecular complexity index is 510. The number of nitrogens with one attached hydrogen (secondary N) is 1. The van der Waals surface area contributed by atoms with Crippen molar-refractivity contribution in [1.82, 2.24) is 5.32 Å². The first-order chi connectivity index (χ1) is 7.56. The van der Waals surface area contributed by atoms with Crippen LogP contribution in [0.25, 0.3) is 6.08 Å². The van der Waals surface area contributed by atoms with Gasteiger partial charge in [0.05, 0.1) is 4.91 Å². The van der Waals surface area contributed by atoms with Crippen LogP contribution in [0, 0.1) is 0 Å². The van der Waals surface area contributed by atoms with Gasteiger partial charge in [0.15, 0.2) is 0 Å². The molecule has 0 atom stereocenters. The SMILES string of the molecule is O=C1NC(=O)C(=Cc2cc(O)ccc2O)S1. The molecule has 0 radical (unpaired) electrons. The van der Waals surface area contributed by atoms with Crippen molar-refractivity contribution in [2.75, 3.05) is 0 Å². The van der Waals surface area contributed by atoms with Crippen LogP contribution in [0.2, 0.25) is 0 Å². The van der Waals surface area contributed by atoms with Crippen molar-refractivity contribution >= 4 is 29.0 Å². The monoisotopic (exact) mass is 237 g/mol. The van der Waals surface area contributed by atoms with Gasteiger partial charge in [-0.05, 0) is 36.0 Å². The van der Waals surface area contributed by atoms with Crippen LogP contribution in [0.3, 0.4) is 0 Å². The van der Waals surface area contributed by atoms with Gasteiger partial charge in [0.2, 0.25) is 0 Å². The third-order valence-corrected chi connectivity index (χ3v) is 2.75. The van der Waals surface area contributed by atoms with Gasteiger partial charge in [-0.2, -0.15) is 0 Å². The highest BCUT2D eigenvalue weighted by atomic mass is 32.2. The van der Waals surface area contributed by atoms with Gasteiger partial charge in [0, 0.05) is 5.56 Å². The number of amides is 2. The fraction of sp³-hybridized carbons (Fsp3) is 0. The summed E-state index contributed by atoms with van der Waals surface area (Å²) in [5.41, 5.74) is 0.285. The van der Waals surface area contributed by atoms with Gasteiger partial charge < -0.3 is 10.2 Å². The number of imide groups is 1. The van der Waals surface area contributed by atoms with E-state index in [0.29, 0.717) is 0 Å². The zero-order valence-corrected chi connectivity index (χ0v) is 8.75. The van der Waals surface area contributed by atoms with E-state index in [-0.39, 0.29) is 22.0 Å². The molecule has 5 nitrogen and oxygen atoms in total. The molecule has 0 unspecified atom stereocenters. The molecular weight excluding hydrogens is 230 g/mol. The summed E-state index contributed by atoms with van der Waals surface area (Å²) in [6.45, 7) is 0. The van der Waals surface area contributed by atoms with Crippen molar-refractivity contribution in [2.24, 2.45) is 0 Å². The molecule has 1 aliphatic heterocycles. The number of benzene rings is 1. The van der Waals surface area contributed by atoms with E-state index in [1.807, 2.05) is 0 Å². The summed E-state index contributed by atoms with van der Waals surface area (Å²) < 4.78 is 0. The lowest BCUT2D eigenvalue weighted by Gasteiger charge is -2.00. The zero-order valence-electron chi connectivity index (χ0n) is 7.93. The van der Waals surface area contributed by atoms with E-state index in [0.717, 1.165) is 11.8 Å². The van der Waals surface area contributed by atoms with E-state index in [1.165, 1.54) is 24.3 Å². The van der Waals surface area contributed by atoms with Crippen molar-refractivity contribution in [3.8, 4) is 11.5 Å². The van der Waals surface area contributed by atoms with Gasteiger partial charge in [-0.3, -0.25) is 14.9 Å². The van der Waals surface area contributed by atoms with Crippen LogP contribution in [0.1, 0.15) is 5.56 Å². The lowest BCUT2D eigenvalue weighted by atomic mass is 10.1. The lowest BCUT2D eigenvalue weighted by molar-refractivity contribution is -0.115. The van der Waals surface area contributed by atoms with Crippen LogP contribution >= 0.6 is 11.8 Å². The van der Waals surface area contributed by atoms with Crippen LogP contribution in [0.5, 0.6) is 11.5 Å². The standard InChI is InChI=1S/C10H7NO4S/c12-6-1-2-7(13)5(3-6)4-8-9(14)11-10(15)16-8/h1-4,12-13H,(H,11,14,15). The molecule has 1 aromatic carbocycles. The first-order valence-electron chi connectivity index (χ1n) is 4.33. The van der Waals surface area contributed by atoms with Gasteiger partial charge in [0.1, 0.15) is 11.5 Å². The Hall–Kier alpha value is -1.95. The van der Waals surface area contributed by atoms with Crippen molar-refractivity contribution in [2.45, 2.75) is 0 Å². The van der Waals surface area contributed by atoms with Crippen LogP contribution < -0.4 is 5.32 Å². The Balaban J connectivity index is 2.39. The van der Waals surface area contributed by atoms with Gasteiger partial charge in [-0.1, -0.05) is 0 Å². The Morgan fingerprint density at radius 2 is 2.00 bits per heavy atom. The molecule has 0 bridgehead atoms. The number of carbonyl (C=O) groups excluding carboxylic acids is 2.